The highest BCUT2D eigenvalue weighted by molar-refractivity contribution is 5.84. The van der Waals surface area contributed by atoms with E-state index in [4.69, 9.17) is 4.98 Å². The second-order valence-electron chi connectivity index (χ2n) is 37.4. The third kappa shape index (κ3) is 12.9. The van der Waals surface area contributed by atoms with Crippen LogP contribution in [0.1, 0.15) is 237 Å². The smallest absolute Gasteiger partial charge is 0.326 e. The number of rotatable bonds is 12. The SMILES string of the molecule is CC1C[C@@H]2CC(N3[C@@H]4CC[C@H]3CC(n3c(=O)c(N5CC[C@@H]5C(=O)O)nc5ccccc53)C4)C[C@H](C1)C2.CC1C[C@@H]2CC(N3[C@@H]4CC[C@H]3CC(n3c(=O)c(N5CC[C@H]5C(=O)O)nc5ccccc53)C4)C[C@H](C1)C2.O=C(O)[C@H]1CCN1c1nc2ccccc2n(C2C[C@H]3CCC[C@@H](C2)N3C2C[C@H]3CCC[C@@H](C2)C3)c1=O. The fraction of sp³-hybridized carbons (Fsp3) is 0.690. The molecule has 3 aromatic carbocycles. The van der Waals surface area contributed by atoms with Gasteiger partial charge in [-0.3, -0.25) is 29.1 Å². The number of hydrogen-bond acceptors (Lipinski definition) is 15. The van der Waals surface area contributed by atoms with Gasteiger partial charge in [0.15, 0.2) is 17.5 Å². The van der Waals surface area contributed by atoms with E-state index < -0.39 is 36.0 Å². The first-order chi connectivity index (χ1) is 52.5. The Bertz CT molecular complexity index is 4340. The molecule has 21 heteroatoms. The van der Waals surface area contributed by atoms with E-state index in [-0.39, 0.29) is 34.8 Å². The summed E-state index contributed by atoms with van der Waals surface area (Å²) in [5.41, 5.74) is 4.69. The average molecular weight is 1470 g/mol. The van der Waals surface area contributed by atoms with Gasteiger partial charge in [-0.25, -0.2) is 29.3 Å². The van der Waals surface area contributed by atoms with E-state index in [1.165, 1.54) is 148 Å². The van der Waals surface area contributed by atoms with Gasteiger partial charge in [0, 0.05) is 92.1 Å². The van der Waals surface area contributed by atoms with Crippen LogP contribution >= 0.6 is 0 Å². The fourth-order valence-corrected chi connectivity index (χ4v) is 26.7. The highest BCUT2D eigenvalue weighted by atomic mass is 16.4. The molecule has 576 valence electrons. The zero-order chi connectivity index (χ0) is 73.5. The summed E-state index contributed by atoms with van der Waals surface area (Å²) in [5.74, 6) is 5.59. The molecular weight excluding hydrogens is 1360 g/mol. The van der Waals surface area contributed by atoms with Crippen molar-refractivity contribution in [3.8, 4) is 0 Å². The molecule has 9 aliphatic heterocycles. The first-order valence-corrected chi connectivity index (χ1v) is 42.8. The zero-order valence-electron chi connectivity index (χ0n) is 63.6. The van der Waals surface area contributed by atoms with Crippen molar-refractivity contribution in [1.82, 2.24) is 43.4 Å². The number of benzene rings is 3. The number of hydrogen-bond donors (Lipinski definition) is 3. The largest absolute Gasteiger partial charge is 0.480 e. The van der Waals surface area contributed by atoms with Crippen LogP contribution in [0.4, 0.5) is 17.5 Å². The molecule has 6 aliphatic carbocycles. The van der Waals surface area contributed by atoms with E-state index in [0.29, 0.717) is 92.6 Å². The van der Waals surface area contributed by atoms with Crippen molar-refractivity contribution in [2.45, 2.75) is 310 Å². The van der Waals surface area contributed by atoms with Crippen molar-refractivity contribution in [3.63, 3.8) is 0 Å². The fourth-order valence-electron chi connectivity index (χ4n) is 26.7. The van der Waals surface area contributed by atoms with E-state index in [1.54, 1.807) is 14.7 Å². The van der Waals surface area contributed by atoms with Gasteiger partial charge in [-0.15, -0.1) is 0 Å². The molecule has 15 fully saturated rings. The van der Waals surface area contributed by atoms with Crippen molar-refractivity contribution in [1.29, 1.82) is 0 Å². The van der Waals surface area contributed by atoms with Gasteiger partial charge in [-0.1, -0.05) is 75.9 Å². The van der Waals surface area contributed by atoms with Gasteiger partial charge in [0.05, 0.1) is 33.1 Å². The predicted molar refractivity (Wildman–Crippen MR) is 418 cm³/mol. The summed E-state index contributed by atoms with van der Waals surface area (Å²) in [6, 6.07) is 27.7. The summed E-state index contributed by atoms with van der Waals surface area (Å²) in [6.07, 6.45) is 38.9. The number of carboxylic acid groups (broad SMARTS) is 3. The number of aromatic nitrogens is 6. The maximum Gasteiger partial charge on any atom is 0.326 e. The first kappa shape index (κ1) is 71.1. The lowest BCUT2D eigenvalue weighted by molar-refractivity contribution is -0.141. The second kappa shape index (κ2) is 28.8. The second-order valence-corrected chi connectivity index (χ2v) is 37.4. The van der Waals surface area contributed by atoms with Gasteiger partial charge in [-0.2, -0.15) is 0 Å². The van der Waals surface area contributed by atoms with Crippen molar-refractivity contribution in [2.75, 3.05) is 34.3 Å². The van der Waals surface area contributed by atoms with Crippen LogP contribution in [0, 0.1) is 47.3 Å². The Kier molecular flexibility index (Phi) is 19.0. The van der Waals surface area contributed by atoms with Crippen molar-refractivity contribution in [2.24, 2.45) is 47.3 Å². The van der Waals surface area contributed by atoms with E-state index in [1.807, 2.05) is 86.5 Å². The maximum absolute atomic E-state index is 14.0. The Morgan fingerprint density at radius 1 is 0.306 bits per heavy atom. The molecule has 8 unspecified atom stereocenters. The highest BCUT2D eigenvalue weighted by Gasteiger charge is 2.52. The molecule has 3 N–H and O–H groups in total. The zero-order valence-corrected chi connectivity index (χ0v) is 63.6. The standard InChI is InChI=1S/3C29H38N4O3/c2*1-17-10-18-12-19(11-17)14-22(13-18)32-20-6-7-21(32)16-23(15-20)33-25-5-3-2-4-24(25)30-27(28(33)34)31-9-8-26(31)29(35)36;34-28-27(31-12-11-26(31)29(35)36)30-24-9-1-2-10-25(24)33(28)23-16-20-7-4-8-21(17-23)32(20)22-14-18-5-3-6-19(13-18)15-22/h2*2-5,17-23,26H,6-16H2,1H3,(H,35,36);1-2,9-10,18-23,26H,3-8,11-17H2,(H,35,36)/t2*17?,18-,19+,20-,21+,22?,23?,26-;18-,19+,20-,21+,22?,23?,26-/m101/s1. The van der Waals surface area contributed by atoms with Gasteiger partial charge in [0.1, 0.15) is 18.1 Å². The van der Waals surface area contributed by atoms with Crippen LogP contribution in [0.2, 0.25) is 0 Å². The minimum absolute atomic E-state index is 0.108. The molecule has 23 atom stereocenters. The lowest BCUT2D eigenvalue weighted by atomic mass is 9.66. The Hall–Kier alpha value is -7.23. The molecule has 3 aromatic heterocycles. The van der Waals surface area contributed by atoms with Crippen LogP contribution in [0.25, 0.3) is 33.1 Å². The van der Waals surface area contributed by atoms with Crippen LogP contribution < -0.4 is 31.4 Å². The Balaban J connectivity index is 0.000000110. The Morgan fingerprint density at radius 2 is 0.574 bits per heavy atom. The predicted octanol–water partition coefficient (Wildman–Crippen LogP) is 13.5. The molecule has 0 amide bonds. The van der Waals surface area contributed by atoms with Gasteiger partial charge in [0.2, 0.25) is 0 Å². The van der Waals surface area contributed by atoms with Crippen LogP contribution in [0.15, 0.2) is 87.2 Å². The van der Waals surface area contributed by atoms with Crippen LogP contribution in [0.5, 0.6) is 0 Å². The molecule has 12 heterocycles. The molecule has 6 saturated carbocycles. The number of fused-ring (bicyclic) bond motifs is 15. The number of aliphatic carboxylic acids is 3. The number of para-hydroxylation sites is 6. The van der Waals surface area contributed by atoms with E-state index in [0.717, 1.165) is 137 Å². The number of anilines is 3. The minimum atomic E-state index is -0.875. The maximum atomic E-state index is 14.0. The molecule has 21 rings (SSSR count). The first-order valence-electron chi connectivity index (χ1n) is 42.8. The average Bonchev–Trinajstić information content (AvgIpc) is 1.10. The summed E-state index contributed by atoms with van der Waals surface area (Å²) in [4.78, 5) is 105. The molecule has 0 radical (unpaired) electrons. The van der Waals surface area contributed by atoms with E-state index >= 15 is 0 Å². The van der Waals surface area contributed by atoms with Crippen molar-refractivity contribution >= 4 is 68.5 Å². The number of piperidine rings is 4. The Morgan fingerprint density at radius 3 is 0.861 bits per heavy atom. The summed E-state index contributed by atoms with van der Waals surface area (Å²) in [5, 5.41) is 28.8. The van der Waals surface area contributed by atoms with Crippen molar-refractivity contribution in [3.05, 3.63) is 104 Å². The topological polar surface area (TPSA) is 236 Å². The molecule has 9 saturated heterocycles. The third-order valence-corrected chi connectivity index (χ3v) is 30.8. The molecule has 0 spiro atoms. The molecular formula is C87H114N12O9. The van der Waals surface area contributed by atoms with Crippen LogP contribution in [-0.2, 0) is 14.4 Å². The van der Waals surface area contributed by atoms with Crippen LogP contribution in [0.3, 0.4) is 0 Å². The molecule has 21 nitrogen and oxygen atoms in total. The van der Waals surface area contributed by atoms with E-state index in [2.05, 4.69) is 38.5 Å². The highest BCUT2D eigenvalue weighted by Crippen LogP contribution is 2.53. The van der Waals surface area contributed by atoms with Gasteiger partial charge < -0.3 is 43.7 Å². The molecule has 15 aliphatic rings. The van der Waals surface area contributed by atoms with Gasteiger partial charge in [-0.05, 0) is 264 Å². The third-order valence-electron chi connectivity index (χ3n) is 30.8. The van der Waals surface area contributed by atoms with Crippen LogP contribution in [-0.4, -0.2) is 169 Å². The van der Waals surface area contributed by atoms with E-state index in [9.17, 15) is 44.1 Å². The number of carboxylic acids is 3. The van der Waals surface area contributed by atoms with Gasteiger partial charge in [0.25, 0.3) is 16.7 Å². The number of nitrogens with zero attached hydrogens (tertiary/aromatic N) is 12. The molecule has 6 aromatic rings. The number of carbonyl (C=O) groups is 3. The summed E-state index contributed by atoms with van der Waals surface area (Å²) >= 11 is 0. The summed E-state index contributed by atoms with van der Waals surface area (Å²) in [7, 11) is 0. The Labute approximate surface area is 633 Å². The monoisotopic (exact) mass is 1470 g/mol. The lowest BCUT2D eigenvalue weighted by Gasteiger charge is -2.55. The normalized spacial score (nSPS) is 37.6. The minimum Gasteiger partial charge on any atom is -0.480 e. The molecule has 108 heavy (non-hydrogen) atoms. The summed E-state index contributed by atoms with van der Waals surface area (Å²) < 4.78 is 6.00. The summed E-state index contributed by atoms with van der Waals surface area (Å²) in [6.45, 7) is 6.61. The quantitative estimate of drug-likeness (QED) is 0.103. The lowest BCUT2D eigenvalue weighted by Crippen LogP contribution is -2.59. The molecule has 12 bridgehead atoms. The van der Waals surface area contributed by atoms with Gasteiger partial charge >= 0.3 is 17.9 Å². The van der Waals surface area contributed by atoms with Crippen molar-refractivity contribution < 1.29 is 29.7 Å².